The van der Waals surface area contributed by atoms with Gasteiger partial charge in [0.25, 0.3) is 0 Å². The Balaban J connectivity index is 1.40. The number of aliphatic hydroxyl groups is 1. The van der Waals surface area contributed by atoms with Gasteiger partial charge in [0, 0.05) is 43.0 Å². The van der Waals surface area contributed by atoms with Crippen molar-refractivity contribution >= 4 is 40.4 Å². The number of H-pyrrole nitrogens is 1. The van der Waals surface area contributed by atoms with E-state index in [2.05, 4.69) is 20.9 Å². The number of benzene rings is 3. The normalized spacial score (nSPS) is 24.2. The number of nitrogens with zero attached hydrogens (tertiary/aromatic N) is 2. The molecule has 5 N–H and O–H groups in total. The Morgan fingerprint density at radius 2 is 1.55 bits per heavy atom. The number of aromatic nitrogens is 1. The number of carbonyl (C=O) groups is 5. The Hall–Kier alpha value is -5.49. The number of rotatable bonds is 6. The highest BCUT2D eigenvalue weighted by atomic mass is 16.3. The van der Waals surface area contributed by atoms with Crippen LogP contribution in [0.1, 0.15) is 55.3 Å². The van der Waals surface area contributed by atoms with Gasteiger partial charge in [-0.3, -0.25) is 24.0 Å². The Morgan fingerprint density at radius 1 is 0.863 bits per heavy atom. The van der Waals surface area contributed by atoms with E-state index in [0.29, 0.717) is 12.0 Å². The summed E-state index contributed by atoms with van der Waals surface area (Å²) in [5, 5.41) is 20.1. The molecule has 3 aromatic carbocycles. The zero-order valence-electron chi connectivity index (χ0n) is 28.7. The maximum absolute atomic E-state index is 14.4. The molecule has 6 atom stereocenters. The quantitative estimate of drug-likeness (QED) is 0.209. The van der Waals surface area contributed by atoms with Crippen LogP contribution in [0.25, 0.3) is 10.9 Å². The molecule has 0 spiro atoms. The van der Waals surface area contributed by atoms with E-state index < -0.39 is 66.4 Å². The number of hydrogen-bond acceptors (Lipinski definition) is 6. The largest absolute Gasteiger partial charge is 0.391 e. The van der Waals surface area contributed by atoms with Crippen molar-refractivity contribution in [3.05, 3.63) is 108 Å². The zero-order valence-corrected chi connectivity index (χ0v) is 28.7. The van der Waals surface area contributed by atoms with Crippen LogP contribution < -0.4 is 16.0 Å². The molecule has 2 aliphatic heterocycles. The van der Waals surface area contributed by atoms with E-state index in [-0.39, 0.29) is 31.8 Å². The molecule has 6 rings (SSSR count). The summed E-state index contributed by atoms with van der Waals surface area (Å²) in [4.78, 5) is 76.1. The van der Waals surface area contributed by atoms with Crippen molar-refractivity contribution < 1.29 is 29.1 Å². The van der Waals surface area contributed by atoms with Crippen LogP contribution >= 0.6 is 0 Å². The van der Waals surface area contributed by atoms with Gasteiger partial charge in [-0.15, -0.1) is 0 Å². The fourth-order valence-electron chi connectivity index (χ4n) is 7.14. The number of nitrogens with one attached hydrogen (secondary N) is 4. The molecule has 0 unspecified atom stereocenters. The third kappa shape index (κ3) is 7.96. The van der Waals surface area contributed by atoms with E-state index in [4.69, 9.17) is 0 Å². The molecule has 5 amide bonds. The monoisotopic (exact) mass is 692 g/mol. The van der Waals surface area contributed by atoms with Crippen molar-refractivity contribution in [3.8, 4) is 0 Å². The summed E-state index contributed by atoms with van der Waals surface area (Å²) < 4.78 is 0. The summed E-state index contributed by atoms with van der Waals surface area (Å²) in [5.74, 6) is -3.09. The molecule has 4 aromatic rings. The first kappa shape index (κ1) is 35.3. The number of amides is 5. The maximum atomic E-state index is 14.4. The van der Waals surface area contributed by atoms with E-state index >= 15 is 0 Å². The summed E-state index contributed by atoms with van der Waals surface area (Å²) in [5.41, 5.74) is 3.14. The lowest BCUT2D eigenvalue weighted by Gasteiger charge is -2.32. The van der Waals surface area contributed by atoms with Crippen molar-refractivity contribution in [2.24, 2.45) is 0 Å². The van der Waals surface area contributed by atoms with Crippen LogP contribution in [0.3, 0.4) is 0 Å². The van der Waals surface area contributed by atoms with Crippen molar-refractivity contribution in [1.29, 1.82) is 0 Å². The molecule has 12 nitrogen and oxygen atoms in total. The van der Waals surface area contributed by atoms with Gasteiger partial charge in [-0.25, -0.2) is 0 Å². The molecule has 0 bridgehead atoms. The van der Waals surface area contributed by atoms with Crippen LogP contribution in [0.2, 0.25) is 0 Å². The number of para-hydroxylation sites is 1. The van der Waals surface area contributed by atoms with Gasteiger partial charge in [-0.1, -0.05) is 85.8 Å². The molecular formula is C39H44N6O6. The maximum Gasteiger partial charge on any atom is 0.246 e. The predicted molar refractivity (Wildman–Crippen MR) is 191 cm³/mol. The average molecular weight is 693 g/mol. The molecule has 1 aromatic heterocycles. The number of aliphatic hydroxyl groups excluding tert-OH is 1. The molecule has 2 fully saturated rings. The second kappa shape index (κ2) is 15.6. The van der Waals surface area contributed by atoms with Crippen molar-refractivity contribution in [2.45, 2.75) is 69.3 Å². The van der Waals surface area contributed by atoms with Crippen molar-refractivity contribution in [3.63, 3.8) is 0 Å². The van der Waals surface area contributed by atoms with Crippen LogP contribution in [0.4, 0.5) is 0 Å². The van der Waals surface area contributed by atoms with Gasteiger partial charge in [-0.05, 0) is 36.1 Å². The number of aromatic amines is 1. The summed E-state index contributed by atoms with van der Waals surface area (Å²) in [7, 11) is 0. The molecular weight excluding hydrogens is 648 g/mol. The third-order valence-electron chi connectivity index (χ3n) is 9.82. The van der Waals surface area contributed by atoms with E-state index in [0.717, 1.165) is 22.0 Å². The molecule has 266 valence electrons. The van der Waals surface area contributed by atoms with Crippen LogP contribution in [0, 0.1) is 0 Å². The highest BCUT2D eigenvalue weighted by Gasteiger charge is 2.43. The van der Waals surface area contributed by atoms with Gasteiger partial charge >= 0.3 is 0 Å². The molecule has 51 heavy (non-hydrogen) atoms. The summed E-state index contributed by atoms with van der Waals surface area (Å²) in [6, 6.07) is 22.1. The number of carbonyl (C=O) groups excluding carboxylic acids is 5. The molecule has 2 aliphatic rings. The lowest BCUT2D eigenvalue weighted by molar-refractivity contribution is -0.142. The minimum atomic E-state index is -1.13. The average Bonchev–Trinajstić information content (AvgIpc) is 3.74. The van der Waals surface area contributed by atoms with E-state index in [9.17, 15) is 29.1 Å². The SMILES string of the molecule is CC[C@H](C(=O)N1CC(=O)N[C@H](Cc2c[nH]c3ccccc23)C(=O)N2C[C@H](O)C[C@H]2C(=O)N[C@@H](C)C(=O)N[C@H](c2ccccc2)C1)c1ccccc1. The lowest BCUT2D eigenvalue weighted by atomic mass is 9.94. The molecule has 0 saturated carbocycles. The Kier molecular flexibility index (Phi) is 10.8. The first-order valence-corrected chi connectivity index (χ1v) is 17.4. The highest BCUT2D eigenvalue weighted by Crippen LogP contribution is 2.26. The fraction of sp³-hybridized carbons (Fsp3) is 0.359. The summed E-state index contributed by atoms with van der Waals surface area (Å²) >= 11 is 0. The minimum absolute atomic E-state index is 0.0214. The predicted octanol–water partition coefficient (Wildman–Crippen LogP) is 2.56. The molecule has 0 aliphatic carbocycles. The Morgan fingerprint density at radius 3 is 2.27 bits per heavy atom. The van der Waals surface area contributed by atoms with Crippen molar-refractivity contribution in [2.75, 3.05) is 19.6 Å². The van der Waals surface area contributed by atoms with Gasteiger partial charge < -0.3 is 35.8 Å². The van der Waals surface area contributed by atoms with Crippen LogP contribution in [0.15, 0.2) is 91.1 Å². The Labute approximate surface area is 296 Å². The van der Waals surface area contributed by atoms with E-state index in [1.807, 2.05) is 91.9 Å². The van der Waals surface area contributed by atoms with Gasteiger partial charge in [0.15, 0.2) is 0 Å². The topological polar surface area (TPSA) is 164 Å². The zero-order chi connectivity index (χ0) is 36.1. The standard InChI is InChI=1S/C39H44N6O6/c1-3-29(25-12-6-4-7-13-25)38(50)44-22-33(26-14-8-5-9-15-26)43-36(48)24(2)41-37(49)34-19-28(46)21-45(34)39(51)32(42-35(47)23-44)18-27-20-40-31-17-11-10-16-30(27)31/h4-17,20,24,28-29,32-34,40,46H,3,18-19,21-23H2,1-2H3,(H,41,49)(H,42,47)(H,43,48)/t24-,28+,29-,32+,33-,34-/m0/s1. The van der Waals surface area contributed by atoms with Gasteiger partial charge in [0.1, 0.15) is 18.1 Å². The van der Waals surface area contributed by atoms with E-state index in [1.54, 1.807) is 13.1 Å². The lowest BCUT2D eigenvalue weighted by Crippen LogP contribution is -2.56. The van der Waals surface area contributed by atoms with Crippen LogP contribution in [-0.2, 0) is 30.4 Å². The van der Waals surface area contributed by atoms with Crippen molar-refractivity contribution in [1.82, 2.24) is 30.7 Å². The van der Waals surface area contributed by atoms with Crippen LogP contribution in [-0.4, -0.2) is 93.3 Å². The first-order chi connectivity index (χ1) is 24.6. The Bertz CT molecular complexity index is 1880. The second-order valence-electron chi connectivity index (χ2n) is 13.4. The highest BCUT2D eigenvalue weighted by molar-refractivity contribution is 5.96. The second-order valence-corrected chi connectivity index (χ2v) is 13.4. The summed E-state index contributed by atoms with van der Waals surface area (Å²) in [6.07, 6.45) is 1.35. The number of hydrogen-bond donors (Lipinski definition) is 5. The molecule has 3 heterocycles. The van der Waals surface area contributed by atoms with Crippen LogP contribution in [0.5, 0.6) is 0 Å². The fourth-order valence-corrected chi connectivity index (χ4v) is 7.14. The molecule has 12 heteroatoms. The smallest absolute Gasteiger partial charge is 0.246 e. The summed E-state index contributed by atoms with van der Waals surface area (Å²) in [6.45, 7) is 2.89. The molecule has 2 saturated heterocycles. The van der Waals surface area contributed by atoms with Gasteiger partial charge in [0.2, 0.25) is 29.5 Å². The van der Waals surface area contributed by atoms with Gasteiger partial charge in [-0.2, -0.15) is 0 Å². The minimum Gasteiger partial charge on any atom is -0.391 e. The van der Waals surface area contributed by atoms with E-state index in [1.165, 1.54) is 9.80 Å². The van der Waals surface area contributed by atoms with Gasteiger partial charge in [0.05, 0.1) is 24.6 Å². The third-order valence-corrected chi connectivity index (χ3v) is 9.82. The number of fused-ring (bicyclic) bond motifs is 2. The molecule has 0 radical (unpaired) electrons. The first-order valence-electron chi connectivity index (χ1n) is 17.4.